The summed E-state index contributed by atoms with van der Waals surface area (Å²) in [6.45, 7) is 8.22. The van der Waals surface area contributed by atoms with Crippen LogP contribution in [0.2, 0.25) is 0 Å². The van der Waals surface area contributed by atoms with Crippen LogP contribution in [0.4, 0.5) is 0 Å². The zero-order valence-electron chi connectivity index (χ0n) is 12.3. The molecule has 0 amide bonds. The van der Waals surface area contributed by atoms with Gasteiger partial charge in [-0.05, 0) is 53.4 Å². The van der Waals surface area contributed by atoms with Crippen LogP contribution in [0.15, 0.2) is 34.9 Å². The molecular formula is C17H26O. The number of hydrogen-bond acceptors (Lipinski definition) is 1. The topological polar surface area (TPSA) is 17.1 Å². The third kappa shape index (κ3) is 4.64. The third-order valence-corrected chi connectivity index (χ3v) is 3.95. The molecule has 0 aromatic carbocycles. The molecule has 1 aliphatic rings. The van der Waals surface area contributed by atoms with E-state index in [1.807, 2.05) is 0 Å². The van der Waals surface area contributed by atoms with Gasteiger partial charge in [-0.25, -0.2) is 0 Å². The molecule has 0 bridgehead atoms. The lowest BCUT2D eigenvalue weighted by molar-refractivity contribution is -0.119. The maximum atomic E-state index is 11.7. The maximum absolute atomic E-state index is 11.7. The minimum atomic E-state index is 0.142. The number of carbonyl (C=O) groups is 1. The Morgan fingerprint density at radius 3 is 2.61 bits per heavy atom. The summed E-state index contributed by atoms with van der Waals surface area (Å²) in [7, 11) is 0. The summed E-state index contributed by atoms with van der Waals surface area (Å²) < 4.78 is 0. The minimum Gasteiger partial charge on any atom is -0.299 e. The summed E-state index contributed by atoms with van der Waals surface area (Å²) in [6.07, 6.45) is 12.0. The minimum absolute atomic E-state index is 0.142. The van der Waals surface area contributed by atoms with E-state index in [4.69, 9.17) is 0 Å². The zero-order valence-corrected chi connectivity index (χ0v) is 12.3. The van der Waals surface area contributed by atoms with Crippen LogP contribution in [0.25, 0.3) is 0 Å². The Hall–Kier alpha value is -1.11. The fourth-order valence-electron chi connectivity index (χ4n) is 2.47. The van der Waals surface area contributed by atoms with Gasteiger partial charge in [-0.15, -0.1) is 0 Å². The summed E-state index contributed by atoms with van der Waals surface area (Å²) >= 11 is 0. The van der Waals surface area contributed by atoms with Crippen molar-refractivity contribution in [1.82, 2.24) is 0 Å². The molecule has 1 rings (SSSR count). The van der Waals surface area contributed by atoms with Gasteiger partial charge in [0, 0.05) is 5.92 Å². The van der Waals surface area contributed by atoms with Crippen molar-refractivity contribution in [3.63, 3.8) is 0 Å². The molecular weight excluding hydrogens is 220 g/mol. The predicted octanol–water partition coefficient (Wildman–Crippen LogP) is 4.99. The van der Waals surface area contributed by atoms with Gasteiger partial charge in [0.15, 0.2) is 0 Å². The number of ketones is 1. The molecule has 0 aliphatic heterocycles. The highest BCUT2D eigenvalue weighted by Gasteiger charge is 2.15. The van der Waals surface area contributed by atoms with E-state index in [0.717, 1.165) is 25.7 Å². The second kappa shape index (κ2) is 7.35. The van der Waals surface area contributed by atoms with Crippen LogP contribution in [0.1, 0.15) is 59.8 Å². The Kier molecular flexibility index (Phi) is 6.11. The van der Waals surface area contributed by atoms with E-state index < -0.39 is 0 Å². The van der Waals surface area contributed by atoms with Crippen LogP contribution in [0, 0.1) is 5.92 Å². The van der Waals surface area contributed by atoms with Crippen LogP contribution in [-0.4, -0.2) is 5.78 Å². The summed E-state index contributed by atoms with van der Waals surface area (Å²) in [4.78, 5) is 11.7. The number of carbonyl (C=O) groups excluding carboxylic acids is 1. The van der Waals surface area contributed by atoms with Crippen LogP contribution >= 0.6 is 0 Å². The average Bonchev–Trinajstić information content (AvgIpc) is 2.31. The van der Waals surface area contributed by atoms with E-state index >= 15 is 0 Å². The Labute approximate surface area is 112 Å². The molecule has 0 radical (unpaired) electrons. The molecule has 0 fully saturated rings. The summed E-state index contributed by atoms with van der Waals surface area (Å²) in [5, 5.41) is 0. The molecule has 0 N–H and O–H groups in total. The summed E-state index contributed by atoms with van der Waals surface area (Å²) in [5.74, 6) is 0.455. The van der Waals surface area contributed by atoms with Gasteiger partial charge in [-0.1, -0.05) is 41.4 Å². The van der Waals surface area contributed by atoms with E-state index in [-0.39, 0.29) is 5.92 Å². The van der Waals surface area contributed by atoms with E-state index in [2.05, 4.69) is 39.0 Å². The standard InChI is InChI=1S/C17H26O/c1-13-9-5-6-11-15(3)17(16(4)18)12-8-7-10-14(13)2/h5,9,11,17H,6-8,10,12H2,1-4H3/b9-5-,14-13-,15-11-. The number of rotatable bonds is 1. The lowest BCUT2D eigenvalue weighted by Gasteiger charge is -2.15. The van der Waals surface area contributed by atoms with Gasteiger partial charge in [-0.2, -0.15) is 0 Å². The normalized spacial score (nSPS) is 31.8. The fraction of sp³-hybridized carbons (Fsp3) is 0.588. The first-order chi connectivity index (χ1) is 8.52. The zero-order chi connectivity index (χ0) is 13.5. The van der Waals surface area contributed by atoms with E-state index in [9.17, 15) is 4.79 Å². The molecule has 1 atom stereocenters. The van der Waals surface area contributed by atoms with Gasteiger partial charge in [0.1, 0.15) is 5.78 Å². The van der Waals surface area contributed by atoms with Crippen LogP contribution in [-0.2, 0) is 4.79 Å². The second-order valence-electron chi connectivity index (χ2n) is 5.46. The quantitative estimate of drug-likeness (QED) is 0.595. The molecule has 0 aromatic rings. The molecule has 1 unspecified atom stereocenters. The van der Waals surface area contributed by atoms with Gasteiger partial charge in [0.2, 0.25) is 0 Å². The highest BCUT2D eigenvalue weighted by molar-refractivity contribution is 5.81. The van der Waals surface area contributed by atoms with Crippen molar-refractivity contribution < 1.29 is 4.79 Å². The Balaban J connectivity index is 2.84. The van der Waals surface area contributed by atoms with Gasteiger partial charge >= 0.3 is 0 Å². The first kappa shape index (κ1) is 14.9. The van der Waals surface area contributed by atoms with Gasteiger partial charge in [0.25, 0.3) is 0 Å². The van der Waals surface area contributed by atoms with Crippen LogP contribution < -0.4 is 0 Å². The lowest BCUT2D eigenvalue weighted by atomic mass is 9.89. The molecule has 1 heteroatoms. The van der Waals surface area contributed by atoms with Gasteiger partial charge < -0.3 is 0 Å². The van der Waals surface area contributed by atoms with E-state index in [1.165, 1.54) is 23.1 Å². The molecule has 100 valence electrons. The predicted molar refractivity (Wildman–Crippen MR) is 78.5 cm³/mol. The number of allylic oxidation sites excluding steroid dienone is 6. The molecule has 1 nitrogen and oxygen atoms in total. The van der Waals surface area contributed by atoms with Crippen molar-refractivity contribution in [3.8, 4) is 0 Å². The molecule has 0 spiro atoms. The summed E-state index contributed by atoms with van der Waals surface area (Å²) in [6, 6.07) is 0. The molecule has 1 aliphatic carbocycles. The molecule has 0 saturated carbocycles. The Morgan fingerprint density at radius 2 is 1.94 bits per heavy atom. The van der Waals surface area contributed by atoms with Crippen molar-refractivity contribution in [3.05, 3.63) is 34.9 Å². The van der Waals surface area contributed by atoms with Crippen LogP contribution in [0.5, 0.6) is 0 Å². The highest BCUT2D eigenvalue weighted by Crippen LogP contribution is 2.23. The first-order valence-corrected chi connectivity index (χ1v) is 7.02. The first-order valence-electron chi connectivity index (χ1n) is 7.02. The Bertz CT molecular complexity index is 382. The monoisotopic (exact) mass is 246 g/mol. The van der Waals surface area contributed by atoms with Crippen molar-refractivity contribution in [1.29, 1.82) is 0 Å². The van der Waals surface area contributed by atoms with Crippen molar-refractivity contribution in [2.24, 2.45) is 5.92 Å². The van der Waals surface area contributed by atoms with Crippen molar-refractivity contribution in [2.75, 3.05) is 0 Å². The number of hydrogen-bond donors (Lipinski definition) is 0. The highest BCUT2D eigenvalue weighted by atomic mass is 16.1. The second-order valence-corrected chi connectivity index (χ2v) is 5.46. The molecule has 0 aromatic heterocycles. The van der Waals surface area contributed by atoms with E-state index in [1.54, 1.807) is 6.92 Å². The largest absolute Gasteiger partial charge is 0.299 e. The van der Waals surface area contributed by atoms with Gasteiger partial charge in [0.05, 0.1) is 0 Å². The Morgan fingerprint density at radius 1 is 1.22 bits per heavy atom. The third-order valence-electron chi connectivity index (χ3n) is 3.95. The van der Waals surface area contributed by atoms with E-state index in [0.29, 0.717) is 5.78 Å². The van der Waals surface area contributed by atoms with Crippen molar-refractivity contribution in [2.45, 2.75) is 59.8 Å². The average molecular weight is 246 g/mol. The van der Waals surface area contributed by atoms with Gasteiger partial charge in [-0.3, -0.25) is 4.79 Å². The SMILES string of the molecule is CC(=O)C1CCCC/C(C)=C(C)\C=C/C/C=C\1C. The fourth-order valence-corrected chi connectivity index (χ4v) is 2.47. The van der Waals surface area contributed by atoms with Crippen LogP contribution in [0.3, 0.4) is 0 Å². The number of Topliss-reactive ketones (excluding diaryl/α,β-unsaturated/α-hetero) is 1. The van der Waals surface area contributed by atoms with Crippen molar-refractivity contribution >= 4 is 5.78 Å². The molecule has 0 heterocycles. The maximum Gasteiger partial charge on any atom is 0.136 e. The smallest absolute Gasteiger partial charge is 0.136 e. The molecule has 0 saturated heterocycles. The lowest BCUT2D eigenvalue weighted by Crippen LogP contribution is -2.12. The molecule has 18 heavy (non-hydrogen) atoms. The summed E-state index contributed by atoms with van der Waals surface area (Å²) in [5.41, 5.74) is 4.11.